The van der Waals surface area contributed by atoms with Crippen LogP contribution < -0.4 is 0 Å². The van der Waals surface area contributed by atoms with Gasteiger partial charge in [0.2, 0.25) is 0 Å². The molecular weight excluding hydrogens is 302 g/mol. The molecule has 104 valence electrons. The van der Waals surface area contributed by atoms with E-state index in [0.717, 1.165) is 16.6 Å². The Morgan fingerprint density at radius 2 is 2.00 bits per heavy atom. The SMILES string of the molecule is CCC1CCC(C)N1CCC(=O)c1ccc(Br)cc1. The number of ketones is 1. The third-order valence-electron chi connectivity index (χ3n) is 4.19. The summed E-state index contributed by atoms with van der Waals surface area (Å²) >= 11 is 3.39. The van der Waals surface area contributed by atoms with Gasteiger partial charge in [-0.25, -0.2) is 0 Å². The van der Waals surface area contributed by atoms with Gasteiger partial charge >= 0.3 is 0 Å². The Kier molecular flexibility index (Phi) is 5.17. The summed E-state index contributed by atoms with van der Waals surface area (Å²) in [7, 11) is 0. The number of benzene rings is 1. The van der Waals surface area contributed by atoms with Crippen molar-refractivity contribution in [1.29, 1.82) is 0 Å². The Morgan fingerprint density at radius 3 is 2.63 bits per heavy atom. The van der Waals surface area contributed by atoms with Crippen molar-refractivity contribution in [2.75, 3.05) is 6.54 Å². The molecule has 2 unspecified atom stereocenters. The highest BCUT2D eigenvalue weighted by Crippen LogP contribution is 2.26. The summed E-state index contributed by atoms with van der Waals surface area (Å²) in [6.07, 6.45) is 4.37. The van der Waals surface area contributed by atoms with Crippen LogP contribution in [0.15, 0.2) is 28.7 Å². The minimum Gasteiger partial charge on any atom is -0.297 e. The number of nitrogens with zero attached hydrogens (tertiary/aromatic N) is 1. The first-order chi connectivity index (χ1) is 9.11. The van der Waals surface area contributed by atoms with E-state index in [9.17, 15) is 4.79 Å². The van der Waals surface area contributed by atoms with E-state index in [1.54, 1.807) is 0 Å². The second kappa shape index (κ2) is 6.67. The van der Waals surface area contributed by atoms with Crippen LogP contribution in [-0.4, -0.2) is 29.3 Å². The third-order valence-corrected chi connectivity index (χ3v) is 4.72. The number of hydrogen-bond donors (Lipinski definition) is 0. The van der Waals surface area contributed by atoms with Crippen LogP contribution in [0.5, 0.6) is 0 Å². The fourth-order valence-electron chi connectivity index (χ4n) is 2.98. The van der Waals surface area contributed by atoms with Crippen molar-refractivity contribution in [2.24, 2.45) is 0 Å². The lowest BCUT2D eigenvalue weighted by Crippen LogP contribution is -2.35. The lowest BCUT2D eigenvalue weighted by Gasteiger charge is -2.27. The van der Waals surface area contributed by atoms with E-state index in [4.69, 9.17) is 0 Å². The molecule has 19 heavy (non-hydrogen) atoms. The van der Waals surface area contributed by atoms with Gasteiger partial charge in [0, 0.05) is 35.1 Å². The fraction of sp³-hybridized carbons (Fsp3) is 0.562. The number of Topliss-reactive ketones (excluding diaryl/α,β-unsaturated/α-hetero) is 1. The number of halogens is 1. The summed E-state index contributed by atoms with van der Waals surface area (Å²) in [5, 5.41) is 0. The van der Waals surface area contributed by atoms with Crippen molar-refractivity contribution in [3.05, 3.63) is 34.3 Å². The molecule has 1 aromatic rings. The minimum absolute atomic E-state index is 0.251. The molecule has 1 aliphatic rings. The highest BCUT2D eigenvalue weighted by molar-refractivity contribution is 9.10. The number of likely N-dealkylation sites (tertiary alicyclic amines) is 1. The molecule has 0 aromatic heterocycles. The Morgan fingerprint density at radius 1 is 1.32 bits per heavy atom. The van der Waals surface area contributed by atoms with E-state index in [1.807, 2.05) is 24.3 Å². The van der Waals surface area contributed by atoms with E-state index >= 15 is 0 Å². The predicted molar refractivity (Wildman–Crippen MR) is 82.6 cm³/mol. The van der Waals surface area contributed by atoms with Gasteiger partial charge in [0.05, 0.1) is 0 Å². The van der Waals surface area contributed by atoms with Crippen molar-refractivity contribution in [2.45, 2.75) is 51.6 Å². The van der Waals surface area contributed by atoms with E-state index in [0.29, 0.717) is 18.5 Å². The molecule has 0 spiro atoms. The summed E-state index contributed by atoms with van der Waals surface area (Å²) in [6, 6.07) is 8.96. The molecule has 0 bridgehead atoms. The summed E-state index contributed by atoms with van der Waals surface area (Å²) < 4.78 is 1.02. The van der Waals surface area contributed by atoms with Crippen molar-refractivity contribution < 1.29 is 4.79 Å². The largest absolute Gasteiger partial charge is 0.297 e. The third kappa shape index (κ3) is 3.67. The van der Waals surface area contributed by atoms with Gasteiger partial charge in [-0.3, -0.25) is 9.69 Å². The second-order valence-electron chi connectivity index (χ2n) is 5.41. The number of carbonyl (C=O) groups is 1. The first-order valence-corrected chi connectivity index (χ1v) is 7.95. The maximum Gasteiger partial charge on any atom is 0.164 e. The first kappa shape index (κ1) is 14.7. The minimum atomic E-state index is 0.251. The number of rotatable bonds is 5. The summed E-state index contributed by atoms with van der Waals surface area (Å²) in [4.78, 5) is 14.7. The molecule has 2 atom stereocenters. The van der Waals surface area contributed by atoms with Crippen LogP contribution in [0.3, 0.4) is 0 Å². The van der Waals surface area contributed by atoms with Gasteiger partial charge in [0.15, 0.2) is 5.78 Å². The molecule has 0 radical (unpaired) electrons. The van der Waals surface area contributed by atoms with E-state index in [1.165, 1.54) is 19.3 Å². The molecule has 0 aliphatic carbocycles. The second-order valence-corrected chi connectivity index (χ2v) is 6.32. The Bertz CT molecular complexity index is 429. The van der Waals surface area contributed by atoms with Crippen LogP contribution >= 0.6 is 15.9 Å². The molecule has 0 N–H and O–H groups in total. The van der Waals surface area contributed by atoms with Crippen LogP contribution in [0.1, 0.15) is 49.9 Å². The zero-order valence-corrected chi connectivity index (χ0v) is 13.3. The molecule has 1 aliphatic heterocycles. The molecule has 2 nitrogen and oxygen atoms in total. The zero-order chi connectivity index (χ0) is 13.8. The maximum atomic E-state index is 12.2. The molecule has 1 heterocycles. The van der Waals surface area contributed by atoms with Crippen molar-refractivity contribution >= 4 is 21.7 Å². The molecule has 1 saturated heterocycles. The van der Waals surface area contributed by atoms with Gasteiger partial charge < -0.3 is 0 Å². The highest BCUT2D eigenvalue weighted by atomic mass is 79.9. The van der Waals surface area contributed by atoms with Crippen LogP contribution in [-0.2, 0) is 0 Å². The molecule has 0 saturated carbocycles. The van der Waals surface area contributed by atoms with Crippen LogP contribution in [0.4, 0.5) is 0 Å². The quantitative estimate of drug-likeness (QED) is 0.753. The lowest BCUT2D eigenvalue weighted by atomic mass is 10.1. The van der Waals surface area contributed by atoms with Crippen molar-refractivity contribution in [1.82, 2.24) is 4.90 Å². The lowest BCUT2D eigenvalue weighted by molar-refractivity contribution is 0.0949. The Balaban J connectivity index is 1.91. The van der Waals surface area contributed by atoms with E-state index in [2.05, 4.69) is 34.7 Å². The van der Waals surface area contributed by atoms with Gasteiger partial charge in [-0.05, 0) is 38.3 Å². The van der Waals surface area contributed by atoms with Crippen LogP contribution in [0.2, 0.25) is 0 Å². The van der Waals surface area contributed by atoms with Crippen LogP contribution in [0.25, 0.3) is 0 Å². The number of carbonyl (C=O) groups excluding carboxylic acids is 1. The summed E-state index contributed by atoms with van der Waals surface area (Å²) in [5.41, 5.74) is 0.822. The monoisotopic (exact) mass is 323 g/mol. The van der Waals surface area contributed by atoms with Gasteiger partial charge in [0.1, 0.15) is 0 Å². The van der Waals surface area contributed by atoms with Crippen molar-refractivity contribution in [3.63, 3.8) is 0 Å². The molecule has 1 fully saturated rings. The zero-order valence-electron chi connectivity index (χ0n) is 11.7. The smallest absolute Gasteiger partial charge is 0.164 e. The average molecular weight is 324 g/mol. The van der Waals surface area contributed by atoms with Crippen LogP contribution in [0, 0.1) is 0 Å². The summed E-state index contributed by atoms with van der Waals surface area (Å²) in [5.74, 6) is 0.251. The molecule has 3 heteroatoms. The van der Waals surface area contributed by atoms with Gasteiger partial charge in [-0.1, -0.05) is 35.0 Å². The molecule has 1 aromatic carbocycles. The Hall–Kier alpha value is -0.670. The number of hydrogen-bond acceptors (Lipinski definition) is 2. The van der Waals surface area contributed by atoms with Gasteiger partial charge in [-0.2, -0.15) is 0 Å². The van der Waals surface area contributed by atoms with E-state index in [-0.39, 0.29) is 5.78 Å². The first-order valence-electron chi connectivity index (χ1n) is 7.16. The maximum absolute atomic E-state index is 12.2. The topological polar surface area (TPSA) is 20.3 Å². The van der Waals surface area contributed by atoms with E-state index < -0.39 is 0 Å². The predicted octanol–water partition coefficient (Wildman–Crippen LogP) is 4.28. The molecule has 2 rings (SSSR count). The average Bonchev–Trinajstić information content (AvgIpc) is 2.77. The van der Waals surface area contributed by atoms with Gasteiger partial charge in [0.25, 0.3) is 0 Å². The molecule has 0 amide bonds. The standard InChI is InChI=1S/C16H22BrNO/c1-3-15-9-4-12(2)18(15)11-10-16(19)13-5-7-14(17)8-6-13/h5-8,12,15H,3-4,9-11H2,1-2H3. The fourth-order valence-corrected chi connectivity index (χ4v) is 3.24. The summed E-state index contributed by atoms with van der Waals surface area (Å²) in [6.45, 7) is 5.42. The van der Waals surface area contributed by atoms with Crippen molar-refractivity contribution in [3.8, 4) is 0 Å². The van der Waals surface area contributed by atoms with Gasteiger partial charge in [-0.15, -0.1) is 0 Å². The highest BCUT2D eigenvalue weighted by Gasteiger charge is 2.29. The molecular formula is C16H22BrNO. The Labute approximate surface area is 124 Å². The normalized spacial score (nSPS) is 23.7.